The number of nitriles is 1. The van der Waals surface area contributed by atoms with Crippen LogP contribution in [0.2, 0.25) is 5.02 Å². The van der Waals surface area contributed by atoms with Crippen molar-refractivity contribution >= 4 is 34.4 Å². The van der Waals surface area contributed by atoms with Crippen molar-refractivity contribution in [2.45, 2.75) is 0 Å². The number of fused-ring (bicyclic) bond motifs is 1. The van der Waals surface area contributed by atoms with Crippen molar-refractivity contribution in [3.05, 3.63) is 70.7 Å². The van der Waals surface area contributed by atoms with E-state index in [0.29, 0.717) is 10.8 Å². The van der Waals surface area contributed by atoms with Crippen LogP contribution < -0.4 is 0 Å². The van der Waals surface area contributed by atoms with Crippen molar-refractivity contribution in [2.24, 2.45) is 12.0 Å². The van der Waals surface area contributed by atoms with Gasteiger partial charge < -0.3 is 9.67 Å². The molecule has 0 aliphatic carbocycles. The lowest BCUT2D eigenvalue weighted by molar-refractivity contribution is 0.407. The van der Waals surface area contributed by atoms with E-state index in [1.807, 2.05) is 49.5 Å². The minimum Gasteiger partial charge on any atom is -0.509 e. The summed E-state index contributed by atoms with van der Waals surface area (Å²) in [4.78, 5) is 8.62. The van der Waals surface area contributed by atoms with Crippen molar-refractivity contribution in [2.75, 3.05) is 6.54 Å². The molecular formula is C19H15ClN4O. The van der Waals surface area contributed by atoms with Gasteiger partial charge in [-0.15, -0.1) is 0 Å². The maximum atomic E-state index is 10.3. The van der Waals surface area contributed by atoms with E-state index in [4.69, 9.17) is 11.6 Å². The van der Waals surface area contributed by atoms with Gasteiger partial charge >= 0.3 is 0 Å². The minimum atomic E-state index is -0.119. The number of benzene rings is 2. The third-order valence-electron chi connectivity index (χ3n) is 3.76. The fraction of sp³-hybridized carbons (Fsp3) is 0.105. The van der Waals surface area contributed by atoms with Crippen molar-refractivity contribution in [3.8, 4) is 6.07 Å². The summed E-state index contributed by atoms with van der Waals surface area (Å²) in [5.41, 5.74) is 2.64. The second-order valence-electron chi connectivity index (χ2n) is 5.44. The van der Waals surface area contributed by atoms with Crippen LogP contribution in [0.3, 0.4) is 0 Å². The Morgan fingerprint density at radius 2 is 2.00 bits per heavy atom. The molecule has 25 heavy (non-hydrogen) atoms. The highest BCUT2D eigenvalue weighted by molar-refractivity contribution is 6.30. The van der Waals surface area contributed by atoms with Crippen LogP contribution in [-0.4, -0.2) is 27.4 Å². The molecule has 0 spiro atoms. The molecule has 6 heteroatoms. The zero-order valence-electron chi connectivity index (χ0n) is 13.5. The zero-order chi connectivity index (χ0) is 17.8. The SMILES string of the molecule is Cn1c(/C(C#N)=C(\O)CN=Cc2ccc(Cl)cc2)nc2ccccc21. The number of nitrogens with zero attached hydrogens (tertiary/aromatic N) is 4. The predicted molar refractivity (Wildman–Crippen MR) is 99.8 cm³/mol. The number of aromatic nitrogens is 2. The van der Waals surface area contributed by atoms with E-state index in [0.717, 1.165) is 16.6 Å². The Balaban J connectivity index is 1.88. The molecule has 124 valence electrons. The van der Waals surface area contributed by atoms with Gasteiger partial charge in [-0.3, -0.25) is 4.99 Å². The third kappa shape index (κ3) is 3.54. The molecule has 0 bridgehead atoms. The molecule has 0 fully saturated rings. The highest BCUT2D eigenvalue weighted by atomic mass is 35.5. The molecule has 5 nitrogen and oxygen atoms in total. The number of aliphatic imine (C=N–C) groups is 1. The van der Waals surface area contributed by atoms with Gasteiger partial charge in [0.25, 0.3) is 0 Å². The van der Waals surface area contributed by atoms with Gasteiger partial charge in [0.15, 0.2) is 5.82 Å². The molecule has 0 aliphatic heterocycles. The zero-order valence-corrected chi connectivity index (χ0v) is 14.3. The fourth-order valence-electron chi connectivity index (χ4n) is 2.48. The molecule has 1 aromatic heterocycles. The normalized spacial score (nSPS) is 12.4. The Morgan fingerprint density at radius 1 is 1.28 bits per heavy atom. The first-order valence-electron chi connectivity index (χ1n) is 7.59. The monoisotopic (exact) mass is 350 g/mol. The largest absolute Gasteiger partial charge is 0.509 e. The molecule has 3 aromatic rings. The van der Waals surface area contributed by atoms with E-state index < -0.39 is 0 Å². The summed E-state index contributed by atoms with van der Waals surface area (Å²) < 4.78 is 1.78. The number of allylic oxidation sites excluding steroid dienone is 1. The summed E-state index contributed by atoms with van der Waals surface area (Å²) in [7, 11) is 1.81. The Bertz CT molecular complexity index is 1010. The van der Waals surface area contributed by atoms with Crippen LogP contribution in [0.5, 0.6) is 0 Å². The Morgan fingerprint density at radius 3 is 2.68 bits per heavy atom. The number of aryl methyl sites for hydroxylation is 1. The summed E-state index contributed by atoms with van der Waals surface area (Å²) >= 11 is 5.84. The first kappa shape index (κ1) is 16.7. The number of aliphatic hydroxyl groups is 1. The maximum Gasteiger partial charge on any atom is 0.155 e. The maximum absolute atomic E-state index is 10.3. The average molecular weight is 351 g/mol. The Hall–Kier alpha value is -3.10. The summed E-state index contributed by atoms with van der Waals surface area (Å²) in [6.07, 6.45) is 1.62. The minimum absolute atomic E-state index is 0.00523. The van der Waals surface area contributed by atoms with Crippen LogP contribution in [-0.2, 0) is 7.05 Å². The standard InChI is InChI=1S/C19H15ClN4O/c1-24-17-5-3-2-4-16(17)23-19(24)15(10-21)18(25)12-22-11-13-6-8-14(20)9-7-13/h2-9,11,25H,12H2,1H3/b18-15-,22-11?. The first-order valence-corrected chi connectivity index (χ1v) is 7.97. The fourth-order valence-corrected chi connectivity index (χ4v) is 2.60. The molecule has 0 saturated heterocycles. The lowest BCUT2D eigenvalue weighted by Crippen LogP contribution is -2.01. The van der Waals surface area contributed by atoms with Gasteiger partial charge in [0.1, 0.15) is 17.4 Å². The molecule has 0 saturated carbocycles. The van der Waals surface area contributed by atoms with Crippen LogP contribution in [0.25, 0.3) is 16.6 Å². The van der Waals surface area contributed by atoms with Crippen LogP contribution in [0.1, 0.15) is 11.4 Å². The van der Waals surface area contributed by atoms with Gasteiger partial charge in [-0.05, 0) is 29.8 Å². The number of halogens is 1. The van der Waals surface area contributed by atoms with Gasteiger partial charge in [-0.1, -0.05) is 35.9 Å². The Kier molecular flexibility index (Phi) is 4.82. The Labute approximate surface area is 150 Å². The molecule has 2 aromatic carbocycles. The molecule has 0 atom stereocenters. The van der Waals surface area contributed by atoms with Crippen molar-refractivity contribution in [1.29, 1.82) is 5.26 Å². The number of imidazole rings is 1. The molecule has 0 unspecified atom stereocenters. The summed E-state index contributed by atoms with van der Waals surface area (Å²) in [5, 5.41) is 20.4. The lowest BCUT2D eigenvalue weighted by atomic mass is 10.2. The number of hydrogen-bond acceptors (Lipinski definition) is 4. The van der Waals surface area contributed by atoms with Crippen LogP contribution in [0.15, 0.2) is 59.3 Å². The molecule has 0 amide bonds. The van der Waals surface area contributed by atoms with Crippen molar-refractivity contribution in [3.63, 3.8) is 0 Å². The van der Waals surface area contributed by atoms with Gasteiger partial charge in [0.2, 0.25) is 0 Å². The van der Waals surface area contributed by atoms with Gasteiger partial charge in [0, 0.05) is 18.3 Å². The van der Waals surface area contributed by atoms with E-state index in [9.17, 15) is 10.4 Å². The molecule has 1 N–H and O–H groups in total. The predicted octanol–water partition coefficient (Wildman–Crippen LogP) is 4.14. The van der Waals surface area contributed by atoms with E-state index >= 15 is 0 Å². The summed E-state index contributed by atoms with van der Waals surface area (Å²) in [6, 6.07) is 16.8. The second-order valence-corrected chi connectivity index (χ2v) is 5.87. The number of para-hydroxylation sites is 2. The highest BCUT2D eigenvalue weighted by Crippen LogP contribution is 2.21. The van der Waals surface area contributed by atoms with E-state index in [1.54, 1.807) is 22.9 Å². The van der Waals surface area contributed by atoms with Crippen LogP contribution >= 0.6 is 11.6 Å². The van der Waals surface area contributed by atoms with E-state index in [-0.39, 0.29) is 17.9 Å². The quantitative estimate of drug-likeness (QED) is 0.436. The molecule has 1 heterocycles. The molecule has 0 radical (unpaired) electrons. The van der Waals surface area contributed by atoms with Gasteiger partial charge in [0.05, 0.1) is 17.6 Å². The molecular weight excluding hydrogens is 336 g/mol. The topological polar surface area (TPSA) is 74.2 Å². The van der Waals surface area contributed by atoms with Gasteiger partial charge in [-0.2, -0.15) is 5.26 Å². The summed E-state index contributed by atoms with van der Waals surface area (Å²) in [6.45, 7) is -0.00523. The number of aliphatic hydroxyl groups excluding tert-OH is 1. The smallest absolute Gasteiger partial charge is 0.155 e. The van der Waals surface area contributed by atoms with Gasteiger partial charge in [-0.25, -0.2) is 4.98 Å². The second kappa shape index (κ2) is 7.20. The third-order valence-corrected chi connectivity index (χ3v) is 4.01. The number of hydrogen-bond donors (Lipinski definition) is 1. The lowest BCUT2D eigenvalue weighted by Gasteiger charge is -2.03. The van der Waals surface area contributed by atoms with E-state index in [2.05, 4.69) is 9.98 Å². The van der Waals surface area contributed by atoms with Crippen molar-refractivity contribution < 1.29 is 5.11 Å². The first-order chi connectivity index (χ1) is 12.1. The van der Waals surface area contributed by atoms with E-state index in [1.165, 1.54) is 0 Å². The molecule has 3 rings (SSSR count). The summed E-state index contributed by atoms with van der Waals surface area (Å²) in [5.74, 6) is 0.300. The van der Waals surface area contributed by atoms with Crippen LogP contribution in [0, 0.1) is 11.3 Å². The average Bonchev–Trinajstić information content (AvgIpc) is 2.94. The highest BCUT2D eigenvalue weighted by Gasteiger charge is 2.15. The van der Waals surface area contributed by atoms with Crippen LogP contribution in [0.4, 0.5) is 0 Å². The molecule has 0 aliphatic rings. The van der Waals surface area contributed by atoms with Crippen molar-refractivity contribution in [1.82, 2.24) is 9.55 Å². The number of rotatable bonds is 4.